The van der Waals surface area contributed by atoms with Crippen molar-refractivity contribution in [2.75, 3.05) is 40.1 Å². The Labute approximate surface area is 182 Å². The Morgan fingerprint density at radius 1 is 1.07 bits per heavy atom. The summed E-state index contributed by atoms with van der Waals surface area (Å²) in [6, 6.07) is 14.2. The van der Waals surface area contributed by atoms with E-state index in [1.165, 1.54) is 11.1 Å². The zero-order valence-corrected chi connectivity index (χ0v) is 18.0. The van der Waals surface area contributed by atoms with Gasteiger partial charge in [0.05, 0.1) is 0 Å². The summed E-state index contributed by atoms with van der Waals surface area (Å²) in [6.45, 7) is 3.33. The van der Waals surface area contributed by atoms with E-state index in [2.05, 4.69) is 33.8 Å². The molecule has 0 aromatic heterocycles. The van der Waals surface area contributed by atoms with E-state index in [9.17, 15) is 0 Å². The first kappa shape index (κ1) is 20.8. The van der Waals surface area contributed by atoms with Gasteiger partial charge in [0, 0.05) is 43.8 Å². The van der Waals surface area contributed by atoms with Gasteiger partial charge in [-0.1, -0.05) is 29.8 Å². The number of nitrogens with zero attached hydrogens (tertiary/aromatic N) is 1. The first-order valence-electron chi connectivity index (χ1n) is 10.4. The highest BCUT2D eigenvalue weighted by Crippen LogP contribution is 2.40. The molecular weight excluding hydrogens is 402 g/mol. The SMILES string of the molecule is CN=C(NCCc1cccc(Cl)c1)NCC1(c2ccc3c(c2)OCO3)CCOCC1. The lowest BCUT2D eigenvalue weighted by atomic mass is 9.74. The van der Waals surface area contributed by atoms with E-state index >= 15 is 0 Å². The summed E-state index contributed by atoms with van der Waals surface area (Å²) in [5.74, 6) is 2.43. The molecule has 160 valence electrons. The van der Waals surface area contributed by atoms with Crippen LogP contribution in [0.25, 0.3) is 0 Å². The van der Waals surface area contributed by atoms with Crippen LogP contribution in [0, 0.1) is 0 Å². The van der Waals surface area contributed by atoms with Crippen molar-refractivity contribution in [1.29, 1.82) is 0 Å². The normalized spacial score (nSPS) is 17.6. The van der Waals surface area contributed by atoms with Crippen LogP contribution in [-0.4, -0.2) is 46.1 Å². The smallest absolute Gasteiger partial charge is 0.231 e. The molecule has 0 saturated carbocycles. The number of benzene rings is 2. The predicted molar refractivity (Wildman–Crippen MR) is 119 cm³/mol. The van der Waals surface area contributed by atoms with Gasteiger partial charge in [-0.2, -0.15) is 0 Å². The molecule has 6 nitrogen and oxygen atoms in total. The molecule has 30 heavy (non-hydrogen) atoms. The molecule has 0 radical (unpaired) electrons. The standard InChI is InChI=1S/C23H28ClN3O3/c1-25-22(26-10-7-17-3-2-4-19(24)13-17)27-15-23(8-11-28-12-9-23)18-5-6-20-21(14-18)30-16-29-20/h2-6,13-14H,7-12,15-16H2,1H3,(H2,25,26,27). The molecule has 0 amide bonds. The van der Waals surface area contributed by atoms with Crippen LogP contribution in [0.1, 0.15) is 24.0 Å². The molecule has 0 aliphatic carbocycles. The maximum absolute atomic E-state index is 6.07. The lowest BCUT2D eigenvalue weighted by molar-refractivity contribution is 0.0513. The topological polar surface area (TPSA) is 64.1 Å². The van der Waals surface area contributed by atoms with Crippen LogP contribution in [0.2, 0.25) is 5.02 Å². The van der Waals surface area contributed by atoms with E-state index in [1.807, 2.05) is 24.3 Å². The zero-order valence-electron chi connectivity index (χ0n) is 17.2. The van der Waals surface area contributed by atoms with E-state index in [0.29, 0.717) is 0 Å². The van der Waals surface area contributed by atoms with Crippen LogP contribution in [0.3, 0.4) is 0 Å². The van der Waals surface area contributed by atoms with Crippen LogP contribution in [-0.2, 0) is 16.6 Å². The van der Waals surface area contributed by atoms with Gasteiger partial charge in [-0.3, -0.25) is 4.99 Å². The summed E-state index contributed by atoms with van der Waals surface area (Å²) in [7, 11) is 1.80. The van der Waals surface area contributed by atoms with Crippen LogP contribution < -0.4 is 20.1 Å². The Balaban J connectivity index is 1.39. The van der Waals surface area contributed by atoms with Crippen LogP contribution in [0.15, 0.2) is 47.5 Å². The Hall–Kier alpha value is -2.44. The van der Waals surface area contributed by atoms with E-state index in [-0.39, 0.29) is 12.2 Å². The van der Waals surface area contributed by atoms with Gasteiger partial charge in [0.25, 0.3) is 0 Å². The van der Waals surface area contributed by atoms with Crippen molar-refractivity contribution < 1.29 is 14.2 Å². The second-order valence-corrected chi connectivity index (χ2v) is 8.13. The van der Waals surface area contributed by atoms with Gasteiger partial charge in [0.2, 0.25) is 6.79 Å². The number of hydrogen-bond acceptors (Lipinski definition) is 4. The van der Waals surface area contributed by atoms with Gasteiger partial charge in [-0.25, -0.2) is 0 Å². The summed E-state index contributed by atoms with van der Waals surface area (Å²) in [5, 5.41) is 7.70. The molecule has 7 heteroatoms. The van der Waals surface area contributed by atoms with Crippen LogP contribution >= 0.6 is 11.6 Å². The first-order valence-corrected chi connectivity index (χ1v) is 10.7. The van der Waals surface area contributed by atoms with Gasteiger partial charge in [-0.05, 0) is 54.7 Å². The molecule has 1 saturated heterocycles. The predicted octanol–water partition coefficient (Wildman–Crippen LogP) is 3.52. The quantitative estimate of drug-likeness (QED) is 0.543. The highest BCUT2D eigenvalue weighted by molar-refractivity contribution is 6.30. The average Bonchev–Trinajstić information content (AvgIpc) is 3.25. The number of ether oxygens (including phenoxy) is 3. The number of guanidine groups is 1. The van der Waals surface area contributed by atoms with Crippen molar-refractivity contribution in [3.05, 3.63) is 58.6 Å². The molecule has 2 N–H and O–H groups in total. The van der Waals surface area contributed by atoms with E-state index in [1.54, 1.807) is 7.05 Å². The summed E-state index contributed by atoms with van der Waals surface area (Å²) in [5.41, 5.74) is 2.41. The maximum Gasteiger partial charge on any atom is 0.231 e. The summed E-state index contributed by atoms with van der Waals surface area (Å²) in [6.07, 6.45) is 2.76. The lowest BCUT2D eigenvalue weighted by Crippen LogP contribution is -2.48. The van der Waals surface area contributed by atoms with Gasteiger partial charge >= 0.3 is 0 Å². The molecular formula is C23H28ClN3O3. The summed E-state index contributed by atoms with van der Waals surface area (Å²) in [4.78, 5) is 4.40. The summed E-state index contributed by atoms with van der Waals surface area (Å²) < 4.78 is 16.7. The van der Waals surface area contributed by atoms with E-state index < -0.39 is 0 Å². The third-order valence-corrected chi connectivity index (χ3v) is 6.08. The molecule has 2 aliphatic rings. The third-order valence-electron chi connectivity index (χ3n) is 5.85. The second-order valence-electron chi connectivity index (χ2n) is 7.69. The molecule has 0 bridgehead atoms. The molecule has 0 unspecified atom stereocenters. The largest absolute Gasteiger partial charge is 0.454 e. The van der Waals surface area contributed by atoms with E-state index in [0.717, 1.165) is 68.0 Å². The highest BCUT2D eigenvalue weighted by atomic mass is 35.5. The van der Waals surface area contributed by atoms with Crippen molar-refractivity contribution in [2.24, 2.45) is 4.99 Å². The van der Waals surface area contributed by atoms with Crippen LogP contribution in [0.5, 0.6) is 11.5 Å². The van der Waals surface area contributed by atoms with Crippen molar-refractivity contribution in [3.8, 4) is 11.5 Å². The zero-order chi connectivity index (χ0) is 20.8. The lowest BCUT2D eigenvalue weighted by Gasteiger charge is -2.38. The maximum atomic E-state index is 6.07. The molecule has 0 atom stereocenters. The van der Waals surface area contributed by atoms with Crippen molar-refractivity contribution in [2.45, 2.75) is 24.7 Å². The highest BCUT2D eigenvalue weighted by Gasteiger charge is 2.35. The molecule has 2 aliphatic heterocycles. The second kappa shape index (κ2) is 9.58. The molecule has 2 aromatic rings. The first-order chi connectivity index (χ1) is 14.7. The Kier molecular flexibility index (Phi) is 6.65. The van der Waals surface area contributed by atoms with E-state index in [4.69, 9.17) is 25.8 Å². The molecule has 2 aromatic carbocycles. The Morgan fingerprint density at radius 3 is 2.70 bits per heavy atom. The van der Waals surface area contributed by atoms with Gasteiger partial charge in [0.1, 0.15) is 0 Å². The Morgan fingerprint density at radius 2 is 1.90 bits per heavy atom. The molecule has 0 spiro atoms. The number of fused-ring (bicyclic) bond motifs is 1. The van der Waals surface area contributed by atoms with Crippen LogP contribution in [0.4, 0.5) is 0 Å². The van der Waals surface area contributed by atoms with Gasteiger partial charge in [-0.15, -0.1) is 0 Å². The molecule has 1 fully saturated rings. The molecule has 2 heterocycles. The minimum atomic E-state index is -0.0379. The monoisotopic (exact) mass is 429 g/mol. The fourth-order valence-electron chi connectivity index (χ4n) is 4.05. The van der Waals surface area contributed by atoms with Crippen molar-refractivity contribution >= 4 is 17.6 Å². The number of nitrogens with one attached hydrogen (secondary N) is 2. The molecule has 4 rings (SSSR count). The number of hydrogen-bond donors (Lipinski definition) is 2. The minimum Gasteiger partial charge on any atom is -0.454 e. The summed E-state index contributed by atoms with van der Waals surface area (Å²) >= 11 is 6.07. The third kappa shape index (κ3) is 4.82. The number of rotatable bonds is 6. The average molecular weight is 430 g/mol. The number of halogens is 1. The minimum absolute atomic E-state index is 0.0379. The fourth-order valence-corrected chi connectivity index (χ4v) is 4.26. The number of aliphatic imine (C=N–C) groups is 1. The fraction of sp³-hybridized carbons (Fsp3) is 0.435. The van der Waals surface area contributed by atoms with Gasteiger partial charge in [0.15, 0.2) is 17.5 Å². The van der Waals surface area contributed by atoms with Crippen molar-refractivity contribution in [1.82, 2.24) is 10.6 Å². The van der Waals surface area contributed by atoms with Gasteiger partial charge < -0.3 is 24.8 Å². The Bertz CT molecular complexity index is 897. The van der Waals surface area contributed by atoms with Crippen molar-refractivity contribution in [3.63, 3.8) is 0 Å².